The maximum absolute atomic E-state index is 13.7. The van der Waals surface area contributed by atoms with Crippen LogP contribution in [0.4, 0.5) is 0 Å². The van der Waals surface area contributed by atoms with Crippen molar-refractivity contribution in [3.05, 3.63) is 63.7 Å². The first kappa shape index (κ1) is 31.5. The van der Waals surface area contributed by atoms with Crippen molar-refractivity contribution in [3.63, 3.8) is 0 Å². The number of ether oxygens (including phenoxy) is 5. The molecule has 0 saturated carbocycles. The van der Waals surface area contributed by atoms with Crippen molar-refractivity contribution < 1.29 is 52.8 Å². The molecule has 0 N–H and O–H groups in total. The number of fused-ring (bicyclic) bond motifs is 2. The Morgan fingerprint density at radius 2 is 1.20 bits per heavy atom. The summed E-state index contributed by atoms with van der Waals surface area (Å²) in [5.41, 5.74) is -4.29. The Bertz CT molecular complexity index is 1820. The Kier molecular flexibility index (Phi) is 8.61. The minimum absolute atomic E-state index is 0.356. The Hall–Kier alpha value is -5.46. The number of hydrogen-bond acceptors (Lipinski definition) is 16. The third-order valence-corrected chi connectivity index (χ3v) is 6.52. The molecular weight excluding hydrogens is 598 g/mol. The van der Waals surface area contributed by atoms with Crippen molar-refractivity contribution >= 4 is 45.4 Å². The summed E-state index contributed by atoms with van der Waals surface area (Å²) < 4.78 is 27.7. The van der Waals surface area contributed by atoms with Crippen LogP contribution in [0.3, 0.4) is 0 Å². The lowest BCUT2D eigenvalue weighted by Gasteiger charge is -2.44. The fourth-order valence-electron chi connectivity index (χ4n) is 4.91. The third-order valence-electron chi connectivity index (χ3n) is 6.52. The summed E-state index contributed by atoms with van der Waals surface area (Å²) in [4.78, 5) is 115. The van der Waals surface area contributed by atoms with E-state index in [9.17, 15) is 48.5 Å². The standard InChI is InChI=1S/C25H23N3O16/c1-9(29)39-7-17-18(41-10(2)30)19(42-11(3)31)20(43-12(4)32)25(44-17)27-23(35)15-5-13-14(6-16(15)24(27)36)22(34)26(21(13)33)8-40-28(37)38/h5-6,17-20,25H,7-8H2,1-4H3. The molecule has 4 rings (SSSR count). The number of benzene rings is 1. The molecule has 19 heteroatoms. The highest BCUT2D eigenvalue weighted by atomic mass is 17.0. The highest BCUT2D eigenvalue weighted by Gasteiger charge is 2.53. The molecule has 3 heterocycles. The molecule has 1 aliphatic heterocycles. The van der Waals surface area contributed by atoms with Crippen LogP contribution in [-0.2, 0) is 54.4 Å². The van der Waals surface area contributed by atoms with Gasteiger partial charge in [-0.05, 0) is 12.1 Å². The number of carbonyl (C=O) groups is 4. The molecule has 1 fully saturated rings. The zero-order valence-electron chi connectivity index (χ0n) is 23.3. The first-order chi connectivity index (χ1) is 20.6. The Morgan fingerprint density at radius 3 is 1.66 bits per heavy atom. The quantitative estimate of drug-likeness (QED) is 0.112. The van der Waals surface area contributed by atoms with Gasteiger partial charge in [0, 0.05) is 27.7 Å². The molecule has 19 nitrogen and oxygen atoms in total. The van der Waals surface area contributed by atoms with Gasteiger partial charge in [0.25, 0.3) is 27.3 Å². The van der Waals surface area contributed by atoms with E-state index in [1.54, 1.807) is 0 Å². The lowest BCUT2D eigenvalue weighted by atomic mass is 9.97. The van der Waals surface area contributed by atoms with E-state index in [1.165, 1.54) is 0 Å². The van der Waals surface area contributed by atoms with Crippen molar-refractivity contribution in [2.75, 3.05) is 6.61 Å². The summed E-state index contributed by atoms with van der Waals surface area (Å²) in [6.45, 7) is 2.35. The molecule has 0 aliphatic carbocycles. The summed E-state index contributed by atoms with van der Waals surface area (Å²) in [6, 6.07) is 1.87. The van der Waals surface area contributed by atoms with Crippen molar-refractivity contribution in [1.82, 2.24) is 9.13 Å². The van der Waals surface area contributed by atoms with Gasteiger partial charge in [-0.15, -0.1) is 10.1 Å². The van der Waals surface area contributed by atoms with Gasteiger partial charge in [-0.2, -0.15) is 0 Å². The summed E-state index contributed by atoms with van der Waals surface area (Å²) in [6.07, 6.45) is -8.39. The number of nitrogens with zero attached hydrogens (tertiary/aromatic N) is 3. The number of esters is 4. The van der Waals surface area contributed by atoms with E-state index < -0.39 is 95.2 Å². The fourth-order valence-corrected chi connectivity index (χ4v) is 4.91. The van der Waals surface area contributed by atoms with Crippen LogP contribution in [-0.4, -0.2) is 69.1 Å². The van der Waals surface area contributed by atoms with Crippen molar-refractivity contribution in [2.24, 2.45) is 0 Å². The zero-order valence-corrected chi connectivity index (χ0v) is 23.3. The summed E-state index contributed by atoms with van der Waals surface area (Å²) in [7, 11) is 0. The molecule has 0 bridgehead atoms. The van der Waals surface area contributed by atoms with Gasteiger partial charge in [-0.25, -0.2) is 9.13 Å². The smallest absolute Gasteiger partial charge is 0.303 e. The molecule has 1 saturated heterocycles. The fraction of sp³-hybridized carbons (Fsp3) is 0.440. The van der Waals surface area contributed by atoms with Gasteiger partial charge in [0.1, 0.15) is 12.7 Å². The van der Waals surface area contributed by atoms with Crippen LogP contribution in [0, 0.1) is 10.1 Å². The number of carbonyl (C=O) groups excluding carboxylic acids is 4. The second-order valence-electron chi connectivity index (χ2n) is 9.53. The Balaban J connectivity index is 1.94. The third kappa shape index (κ3) is 5.89. The van der Waals surface area contributed by atoms with Crippen LogP contribution in [0.2, 0.25) is 0 Å². The molecule has 234 valence electrons. The Labute approximate surface area is 243 Å². The van der Waals surface area contributed by atoms with Gasteiger partial charge in [0.05, 0.1) is 21.5 Å². The molecule has 44 heavy (non-hydrogen) atoms. The van der Waals surface area contributed by atoms with Gasteiger partial charge >= 0.3 is 23.9 Å². The molecule has 1 aliphatic rings. The minimum atomic E-state index is -1.88. The average Bonchev–Trinajstić information content (AvgIpc) is 3.30. The van der Waals surface area contributed by atoms with Gasteiger partial charge in [-0.1, -0.05) is 0 Å². The van der Waals surface area contributed by atoms with E-state index in [4.69, 9.17) is 23.7 Å². The molecule has 3 aromatic rings. The van der Waals surface area contributed by atoms with Crippen LogP contribution in [0.1, 0.15) is 33.9 Å². The maximum Gasteiger partial charge on any atom is 0.303 e. The average molecular weight is 621 g/mol. The topological polar surface area (TPSA) is 245 Å². The van der Waals surface area contributed by atoms with E-state index in [0.29, 0.717) is 9.13 Å². The van der Waals surface area contributed by atoms with E-state index in [-0.39, 0.29) is 21.5 Å². The summed E-state index contributed by atoms with van der Waals surface area (Å²) >= 11 is 0. The van der Waals surface area contributed by atoms with E-state index in [0.717, 1.165) is 39.8 Å². The normalized spacial score (nSPS) is 21.5. The SMILES string of the molecule is CC(=O)OCC1OC(n2c(=O)c3cc4c(=O)n(CO[N+](=O)[O-])c(=O)c4cc3c2=O)C(OC(C)=O)C(OC(C)=O)C1OC(C)=O. The highest BCUT2D eigenvalue weighted by molar-refractivity contribution is 5.97. The number of rotatable bonds is 9. The van der Waals surface area contributed by atoms with Gasteiger partial charge < -0.3 is 23.7 Å². The molecule has 0 spiro atoms. The zero-order chi connectivity index (χ0) is 32.6. The second kappa shape index (κ2) is 12.0. The predicted octanol–water partition coefficient (Wildman–Crippen LogP) is -1.67. The van der Waals surface area contributed by atoms with E-state index >= 15 is 0 Å². The molecule has 5 unspecified atom stereocenters. The first-order valence-corrected chi connectivity index (χ1v) is 12.6. The summed E-state index contributed by atoms with van der Waals surface area (Å²) in [5, 5.41) is 7.83. The van der Waals surface area contributed by atoms with Crippen LogP contribution >= 0.6 is 0 Å². The Morgan fingerprint density at radius 1 is 0.750 bits per heavy atom. The van der Waals surface area contributed by atoms with Crippen LogP contribution in [0.25, 0.3) is 21.5 Å². The van der Waals surface area contributed by atoms with Crippen molar-refractivity contribution in [3.8, 4) is 0 Å². The van der Waals surface area contributed by atoms with Gasteiger partial charge in [-0.3, -0.25) is 43.2 Å². The molecule has 2 aromatic heterocycles. The van der Waals surface area contributed by atoms with Gasteiger partial charge in [0.2, 0.25) is 0 Å². The second-order valence-corrected chi connectivity index (χ2v) is 9.53. The van der Waals surface area contributed by atoms with Crippen molar-refractivity contribution in [2.45, 2.75) is 65.1 Å². The first-order valence-electron chi connectivity index (χ1n) is 12.6. The lowest BCUT2D eigenvalue weighted by Crippen LogP contribution is -2.62. The van der Waals surface area contributed by atoms with E-state index in [2.05, 4.69) is 4.84 Å². The van der Waals surface area contributed by atoms with Crippen LogP contribution in [0.5, 0.6) is 0 Å². The van der Waals surface area contributed by atoms with Crippen LogP contribution in [0.15, 0.2) is 31.3 Å². The minimum Gasteiger partial charge on any atom is -0.463 e. The largest absolute Gasteiger partial charge is 0.463 e. The number of hydrogen-bond donors (Lipinski definition) is 0. The molecule has 1 aromatic carbocycles. The molecule has 0 amide bonds. The van der Waals surface area contributed by atoms with Crippen molar-refractivity contribution in [1.29, 1.82) is 0 Å². The summed E-state index contributed by atoms with van der Waals surface area (Å²) in [5.74, 6) is -3.62. The van der Waals surface area contributed by atoms with Crippen LogP contribution < -0.4 is 22.2 Å². The monoisotopic (exact) mass is 621 g/mol. The lowest BCUT2D eigenvalue weighted by molar-refractivity contribution is -0.767. The maximum atomic E-state index is 13.7. The van der Waals surface area contributed by atoms with E-state index in [1.807, 2.05) is 0 Å². The molecular formula is C25H23N3O16. The predicted molar refractivity (Wildman–Crippen MR) is 140 cm³/mol. The highest BCUT2D eigenvalue weighted by Crippen LogP contribution is 2.34. The number of aromatic nitrogens is 2. The molecule has 0 radical (unpaired) electrons. The van der Waals surface area contributed by atoms with Gasteiger partial charge in [0.15, 0.2) is 31.3 Å². The molecule has 5 atom stereocenters.